The van der Waals surface area contributed by atoms with Crippen molar-refractivity contribution >= 4 is 5.96 Å². The van der Waals surface area contributed by atoms with Crippen LogP contribution < -0.4 is 10.6 Å². The summed E-state index contributed by atoms with van der Waals surface area (Å²) in [5.41, 5.74) is 0. The third-order valence-corrected chi connectivity index (χ3v) is 5.02. The number of hydrogen-bond donors (Lipinski definition) is 2. The normalized spacial score (nSPS) is 18.2. The maximum atomic E-state index is 5.51. The summed E-state index contributed by atoms with van der Waals surface area (Å²) in [6, 6.07) is 1.65. The predicted octanol–water partition coefficient (Wildman–Crippen LogP) is 2.02. The highest BCUT2D eigenvalue weighted by Crippen LogP contribution is 2.13. The molecule has 0 aromatic rings. The molecule has 6 nitrogen and oxygen atoms in total. The first-order valence-corrected chi connectivity index (χ1v) is 10.4. The lowest BCUT2D eigenvalue weighted by Gasteiger charge is -2.36. The van der Waals surface area contributed by atoms with E-state index in [0.29, 0.717) is 24.0 Å². The van der Waals surface area contributed by atoms with E-state index in [-0.39, 0.29) is 0 Å². The van der Waals surface area contributed by atoms with E-state index in [1.54, 1.807) is 0 Å². The van der Waals surface area contributed by atoms with Gasteiger partial charge in [-0.3, -0.25) is 14.8 Å². The molecule has 154 valence electrons. The number of nitrogens with zero attached hydrogens (tertiary/aromatic N) is 3. The molecule has 1 heterocycles. The second kappa shape index (κ2) is 12.5. The zero-order valence-corrected chi connectivity index (χ0v) is 18.2. The topological polar surface area (TPSA) is 52.1 Å². The van der Waals surface area contributed by atoms with Crippen molar-refractivity contribution in [3.05, 3.63) is 0 Å². The van der Waals surface area contributed by atoms with Crippen molar-refractivity contribution in [1.82, 2.24) is 20.4 Å². The fraction of sp³-hybridized carbons (Fsp3) is 0.950. The molecule has 0 spiro atoms. The van der Waals surface area contributed by atoms with E-state index in [0.717, 1.165) is 51.9 Å². The lowest BCUT2D eigenvalue weighted by molar-refractivity contribution is 0.0132. The summed E-state index contributed by atoms with van der Waals surface area (Å²) >= 11 is 0. The van der Waals surface area contributed by atoms with Crippen LogP contribution in [-0.2, 0) is 4.74 Å². The van der Waals surface area contributed by atoms with E-state index in [1.807, 2.05) is 7.05 Å². The largest absolute Gasteiger partial charge is 0.379 e. The van der Waals surface area contributed by atoms with Gasteiger partial charge in [-0.2, -0.15) is 0 Å². The summed E-state index contributed by atoms with van der Waals surface area (Å²) in [5, 5.41) is 7.02. The molecule has 1 aliphatic rings. The van der Waals surface area contributed by atoms with Crippen LogP contribution in [0.25, 0.3) is 0 Å². The van der Waals surface area contributed by atoms with Gasteiger partial charge in [0.25, 0.3) is 0 Å². The molecule has 26 heavy (non-hydrogen) atoms. The fourth-order valence-corrected chi connectivity index (χ4v) is 3.70. The molecule has 0 aromatic carbocycles. The standard InChI is InChI=1S/C20H43N5O/c1-16(2)14-19(24-10-12-26-13-11-24)15-23-20(21-7)22-8-9-25(17(3)4)18(5)6/h16-19H,8-15H2,1-7H3,(H2,21,22,23). The Morgan fingerprint density at radius 3 is 2.15 bits per heavy atom. The van der Waals surface area contributed by atoms with Crippen LogP contribution in [0.2, 0.25) is 0 Å². The molecule has 0 radical (unpaired) electrons. The minimum Gasteiger partial charge on any atom is -0.379 e. The molecule has 1 atom stereocenters. The molecular formula is C20H43N5O. The van der Waals surface area contributed by atoms with Crippen molar-refractivity contribution < 1.29 is 4.74 Å². The smallest absolute Gasteiger partial charge is 0.191 e. The van der Waals surface area contributed by atoms with Gasteiger partial charge in [0, 0.05) is 57.9 Å². The van der Waals surface area contributed by atoms with Gasteiger partial charge in [0.2, 0.25) is 0 Å². The number of hydrogen-bond acceptors (Lipinski definition) is 4. The Labute approximate surface area is 161 Å². The number of morpholine rings is 1. The van der Waals surface area contributed by atoms with Crippen molar-refractivity contribution in [3.8, 4) is 0 Å². The maximum absolute atomic E-state index is 5.51. The maximum Gasteiger partial charge on any atom is 0.191 e. The Kier molecular flexibility index (Phi) is 11.2. The monoisotopic (exact) mass is 369 g/mol. The molecule has 1 fully saturated rings. The molecule has 1 unspecified atom stereocenters. The molecular weight excluding hydrogens is 326 g/mol. The van der Waals surface area contributed by atoms with Crippen LogP contribution in [0.3, 0.4) is 0 Å². The Balaban J connectivity index is 2.46. The second-order valence-electron chi connectivity index (χ2n) is 8.24. The average Bonchev–Trinajstić information content (AvgIpc) is 2.59. The molecule has 2 N–H and O–H groups in total. The first-order valence-electron chi connectivity index (χ1n) is 10.4. The van der Waals surface area contributed by atoms with E-state index in [2.05, 4.69) is 67.0 Å². The van der Waals surface area contributed by atoms with Crippen LogP contribution in [0.15, 0.2) is 4.99 Å². The summed E-state index contributed by atoms with van der Waals surface area (Å²) in [7, 11) is 1.85. The van der Waals surface area contributed by atoms with Crippen LogP contribution in [0, 0.1) is 5.92 Å². The molecule has 0 saturated carbocycles. The van der Waals surface area contributed by atoms with Crippen molar-refractivity contribution in [1.29, 1.82) is 0 Å². The van der Waals surface area contributed by atoms with Gasteiger partial charge in [0.1, 0.15) is 0 Å². The molecule has 0 aliphatic carbocycles. The van der Waals surface area contributed by atoms with Gasteiger partial charge < -0.3 is 15.4 Å². The second-order valence-corrected chi connectivity index (χ2v) is 8.24. The van der Waals surface area contributed by atoms with Crippen LogP contribution in [-0.4, -0.2) is 86.9 Å². The van der Waals surface area contributed by atoms with E-state index in [9.17, 15) is 0 Å². The van der Waals surface area contributed by atoms with Gasteiger partial charge in [-0.25, -0.2) is 0 Å². The molecule has 6 heteroatoms. The minimum absolute atomic E-state index is 0.528. The number of guanidine groups is 1. The fourth-order valence-electron chi connectivity index (χ4n) is 3.70. The zero-order chi connectivity index (χ0) is 19.5. The summed E-state index contributed by atoms with van der Waals surface area (Å²) in [6.07, 6.45) is 1.19. The van der Waals surface area contributed by atoms with Gasteiger partial charge >= 0.3 is 0 Å². The first-order chi connectivity index (χ1) is 12.3. The molecule has 1 rings (SSSR count). The Morgan fingerprint density at radius 2 is 1.65 bits per heavy atom. The van der Waals surface area contributed by atoms with E-state index < -0.39 is 0 Å². The first kappa shape index (κ1) is 23.2. The lowest BCUT2D eigenvalue weighted by atomic mass is 10.0. The number of nitrogens with one attached hydrogen (secondary N) is 2. The van der Waals surface area contributed by atoms with Gasteiger partial charge in [-0.05, 0) is 40.0 Å². The van der Waals surface area contributed by atoms with Gasteiger partial charge in [-0.15, -0.1) is 0 Å². The summed E-state index contributed by atoms with van der Waals surface area (Å²) in [5.74, 6) is 1.59. The van der Waals surface area contributed by atoms with Gasteiger partial charge in [-0.1, -0.05) is 13.8 Å². The van der Waals surface area contributed by atoms with Gasteiger partial charge in [0.15, 0.2) is 5.96 Å². The lowest BCUT2D eigenvalue weighted by Crippen LogP contribution is -2.51. The van der Waals surface area contributed by atoms with E-state index >= 15 is 0 Å². The number of ether oxygens (including phenoxy) is 1. The number of aliphatic imine (C=N–C) groups is 1. The molecule has 1 saturated heterocycles. The highest BCUT2D eigenvalue weighted by Gasteiger charge is 2.22. The SMILES string of the molecule is CN=C(NCCN(C(C)C)C(C)C)NCC(CC(C)C)N1CCOCC1. The van der Waals surface area contributed by atoms with Gasteiger partial charge in [0.05, 0.1) is 13.2 Å². The minimum atomic E-state index is 0.528. The number of rotatable bonds is 10. The van der Waals surface area contributed by atoms with Crippen molar-refractivity contribution in [2.75, 3.05) is 53.0 Å². The van der Waals surface area contributed by atoms with E-state index in [1.165, 1.54) is 6.42 Å². The third kappa shape index (κ3) is 8.69. The quantitative estimate of drug-likeness (QED) is 0.456. The third-order valence-electron chi connectivity index (χ3n) is 5.02. The van der Waals surface area contributed by atoms with Crippen LogP contribution >= 0.6 is 0 Å². The molecule has 0 aromatic heterocycles. The van der Waals surface area contributed by atoms with Crippen LogP contribution in [0.1, 0.15) is 48.0 Å². The van der Waals surface area contributed by atoms with Crippen molar-refractivity contribution in [2.45, 2.75) is 66.1 Å². The van der Waals surface area contributed by atoms with Crippen LogP contribution in [0.5, 0.6) is 0 Å². The Morgan fingerprint density at radius 1 is 1.04 bits per heavy atom. The van der Waals surface area contributed by atoms with Crippen LogP contribution in [0.4, 0.5) is 0 Å². The average molecular weight is 370 g/mol. The Hall–Kier alpha value is -0.850. The molecule has 0 bridgehead atoms. The highest BCUT2D eigenvalue weighted by atomic mass is 16.5. The van der Waals surface area contributed by atoms with E-state index in [4.69, 9.17) is 4.74 Å². The Bertz CT molecular complexity index is 384. The predicted molar refractivity (Wildman–Crippen MR) is 112 cm³/mol. The van der Waals surface area contributed by atoms with Crippen molar-refractivity contribution in [2.24, 2.45) is 10.9 Å². The molecule has 1 aliphatic heterocycles. The summed E-state index contributed by atoms with van der Waals surface area (Å²) in [6.45, 7) is 20.2. The zero-order valence-electron chi connectivity index (χ0n) is 18.2. The summed E-state index contributed by atoms with van der Waals surface area (Å²) < 4.78 is 5.51. The van der Waals surface area contributed by atoms with Crippen molar-refractivity contribution in [3.63, 3.8) is 0 Å². The summed E-state index contributed by atoms with van der Waals surface area (Å²) in [4.78, 5) is 9.46. The molecule has 0 amide bonds. The highest BCUT2D eigenvalue weighted by molar-refractivity contribution is 5.79.